The second-order valence-electron chi connectivity index (χ2n) is 3.81. The maximum atomic E-state index is 5.00. The van der Waals surface area contributed by atoms with E-state index in [1.807, 2.05) is 31.5 Å². The molecule has 0 aliphatic carbocycles. The molecule has 2 heterocycles. The Morgan fingerprint density at radius 1 is 1.24 bits per heavy atom. The van der Waals surface area contributed by atoms with Crippen molar-refractivity contribution < 1.29 is 4.74 Å². The Kier molecular flexibility index (Phi) is 3.72. The van der Waals surface area contributed by atoms with Crippen LogP contribution in [0.5, 0.6) is 5.88 Å². The molecule has 2 aromatic rings. The summed E-state index contributed by atoms with van der Waals surface area (Å²) in [6.07, 6.45) is 3.65. The first-order valence-electron chi connectivity index (χ1n) is 5.48. The van der Waals surface area contributed by atoms with Crippen molar-refractivity contribution in [3.63, 3.8) is 0 Å². The number of H-pyrrole nitrogens is 1. The van der Waals surface area contributed by atoms with Crippen LogP contribution in [-0.4, -0.2) is 22.1 Å². The molecular formula is C12H16N4O. The molecule has 2 aromatic heterocycles. The molecule has 0 saturated heterocycles. The van der Waals surface area contributed by atoms with Crippen molar-refractivity contribution in [2.45, 2.75) is 20.0 Å². The van der Waals surface area contributed by atoms with Crippen LogP contribution in [0.4, 0.5) is 0 Å². The van der Waals surface area contributed by atoms with Gasteiger partial charge in [-0.2, -0.15) is 0 Å². The molecule has 90 valence electrons. The van der Waals surface area contributed by atoms with E-state index in [1.165, 1.54) is 0 Å². The van der Waals surface area contributed by atoms with Crippen LogP contribution in [0, 0.1) is 6.92 Å². The molecule has 0 unspecified atom stereocenters. The molecule has 5 heteroatoms. The highest BCUT2D eigenvalue weighted by Crippen LogP contribution is 2.06. The third kappa shape index (κ3) is 3.29. The molecule has 0 atom stereocenters. The second kappa shape index (κ2) is 5.45. The van der Waals surface area contributed by atoms with Crippen molar-refractivity contribution in [1.82, 2.24) is 20.3 Å². The van der Waals surface area contributed by atoms with E-state index in [9.17, 15) is 0 Å². The molecule has 0 aromatic carbocycles. The third-order valence-corrected chi connectivity index (χ3v) is 2.41. The number of aryl methyl sites for hydroxylation is 1. The molecule has 0 amide bonds. The number of methoxy groups -OCH3 is 1. The molecule has 0 bridgehead atoms. The molecular weight excluding hydrogens is 216 g/mol. The summed E-state index contributed by atoms with van der Waals surface area (Å²) in [4.78, 5) is 11.5. The molecule has 0 spiro atoms. The fourth-order valence-electron chi connectivity index (χ4n) is 1.54. The standard InChI is InChI=1S/C12H16N4O/c1-9-14-8-11(16-9)7-13-5-10-3-4-12(17-2)15-6-10/h3-4,6,8,13H,5,7H2,1-2H3,(H,14,16). The van der Waals surface area contributed by atoms with Crippen LogP contribution in [0.3, 0.4) is 0 Å². The second-order valence-corrected chi connectivity index (χ2v) is 3.81. The van der Waals surface area contributed by atoms with Crippen LogP contribution in [-0.2, 0) is 13.1 Å². The van der Waals surface area contributed by atoms with Crippen LogP contribution in [0.2, 0.25) is 0 Å². The third-order valence-electron chi connectivity index (χ3n) is 2.41. The monoisotopic (exact) mass is 232 g/mol. The van der Waals surface area contributed by atoms with Crippen LogP contribution in [0.25, 0.3) is 0 Å². The lowest BCUT2D eigenvalue weighted by Gasteiger charge is -2.04. The van der Waals surface area contributed by atoms with Crippen molar-refractivity contribution >= 4 is 0 Å². The number of nitrogens with zero attached hydrogens (tertiary/aromatic N) is 2. The molecule has 2 N–H and O–H groups in total. The number of aromatic nitrogens is 3. The Balaban J connectivity index is 1.81. The van der Waals surface area contributed by atoms with Gasteiger partial charge in [0.25, 0.3) is 0 Å². The van der Waals surface area contributed by atoms with Gasteiger partial charge in [-0.15, -0.1) is 0 Å². The summed E-state index contributed by atoms with van der Waals surface area (Å²) >= 11 is 0. The Hall–Kier alpha value is -1.88. The topological polar surface area (TPSA) is 62.8 Å². The highest BCUT2D eigenvalue weighted by molar-refractivity contribution is 5.17. The van der Waals surface area contributed by atoms with Gasteiger partial charge in [0.2, 0.25) is 5.88 Å². The number of rotatable bonds is 5. The van der Waals surface area contributed by atoms with Crippen molar-refractivity contribution in [2.24, 2.45) is 0 Å². The minimum Gasteiger partial charge on any atom is -0.481 e. The number of imidazole rings is 1. The molecule has 0 radical (unpaired) electrons. The largest absolute Gasteiger partial charge is 0.481 e. The normalized spacial score (nSPS) is 10.5. The molecule has 0 saturated carbocycles. The number of hydrogen-bond donors (Lipinski definition) is 2. The summed E-state index contributed by atoms with van der Waals surface area (Å²) in [6.45, 7) is 3.48. The lowest BCUT2D eigenvalue weighted by Crippen LogP contribution is -2.13. The predicted octanol–water partition coefficient (Wildman–Crippen LogP) is 1.41. The number of nitrogens with one attached hydrogen (secondary N) is 2. The summed E-state index contributed by atoms with van der Waals surface area (Å²) in [6, 6.07) is 3.86. The first kappa shape index (κ1) is 11.6. The fourth-order valence-corrected chi connectivity index (χ4v) is 1.54. The zero-order valence-electron chi connectivity index (χ0n) is 10.0. The Bertz CT molecular complexity index is 464. The average molecular weight is 232 g/mol. The average Bonchev–Trinajstić information content (AvgIpc) is 2.76. The Morgan fingerprint density at radius 2 is 2.12 bits per heavy atom. The summed E-state index contributed by atoms with van der Waals surface area (Å²) in [5, 5.41) is 3.32. The van der Waals surface area contributed by atoms with Crippen molar-refractivity contribution in [2.75, 3.05) is 7.11 Å². The van der Waals surface area contributed by atoms with Crippen LogP contribution in [0.15, 0.2) is 24.5 Å². The minimum atomic E-state index is 0.637. The Morgan fingerprint density at radius 3 is 2.71 bits per heavy atom. The zero-order valence-corrected chi connectivity index (χ0v) is 10.0. The van der Waals surface area contributed by atoms with E-state index in [0.29, 0.717) is 5.88 Å². The molecule has 0 aliphatic heterocycles. The van der Waals surface area contributed by atoms with Gasteiger partial charge in [-0.1, -0.05) is 6.07 Å². The van der Waals surface area contributed by atoms with Crippen LogP contribution < -0.4 is 10.1 Å². The number of hydrogen-bond acceptors (Lipinski definition) is 4. The van der Waals surface area contributed by atoms with Gasteiger partial charge >= 0.3 is 0 Å². The first-order valence-corrected chi connectivity index (χ1v) is 5.48. The Labute approximate surface area is 100 Å². The highest BCUT2D eigenvalue weighted by Gasteiger charge is 1.98. The van der Waals surface area contributed by atoms with E-state index in [1.54, 1.807) is 7.11 Å². The van der Waals surface area contributed by atoms with Gasteiger partial charge in [-0.05, 0) is 12.5 Å². The quantitative estimate of drug-likeness (QED) is 0.818. The van der Waals surface area contributed by atoms with E-state index < -0.39 is 0 Å². The summed E-state index contributed by atoms with van der Waals surface area (Å²) in [5.74, 6) is 1.57. The van der Waals surface area contributed by atoms with Gasteiger partial charge in [-0.25, -0.2) is 9.97 Å². The molecule has 5 nitrogen and oxygen atoms in total. The van der Waals surface area contributed by atoms with Gasteiger partial charge in [0, 0.05) is 37.2 Å². The summed E-state index contributed by atoms with van der Waals surface area (Å²) in [7, 11) is 1.61. The summed E-state index contributed by atoms with van der Waals surface area (Å²) in [5.41, 5.74) is 2.21. The van der Waals surface area contributed by atoms with Crippen molar-refractivity contribution in [3.05, 3.63) is 41.6 Å². The van der Waals surface area contributed by atoms with E-state index in [2.05, 4.69) is 20.3 Å². The number of ether oxygens (including phenoxy) is 1. The van der Waals surface area contributed by atoms with Crippen LogP contribution >= 0.6 is 0 Å². The number of aromatic amines is 1. The lowest BCUT2D eigenvalue weighted by atomic mass is 10.3. The van der Waals surface area contributed by atoms with Gasteiger partial charge in [0.1, 0.15) is 5.82 Å². The zero-order chi connectivity index (χ0) is 12.1. The number of pyridine rings is 1. The first-order chi connectivity index (χ1) is 8.28. The maximum absolute atomic E-state index is 5.00. The van der Waals surface area contributed by atoms with E-state index >= 15 is 0 Å². The van der Waals surface area contributed by atoms with Crippen molar-refractivity contribution in [1.29, 1.82) is 0 Å². The minimum absolute atomic E-state index is 0.637. The predicted molar refractivity (Wildman–Crippen MR) is 64.7 cm³/mol. The van der Waals surface area contributed by atoms with E-state index in [4.69, 9.17) is 4.74 Å². The molecule has 0 fully saturated rings. The van der Waals surface area contributed by atoms with Gasteiger partial charge < -0.3 is 15.0 Å². The van der Waals surface area contributed by atoms with E-state index in [-0.39, 0.29) is 0 Å². The maximum Gasteiger partial charge on any atom is 0.212 e. The molecule has 17 heavy (non-hydrogen) atoms. The van der Waals surface area contributed by atoms with Crippen LogP contribution in [0.1, 0.15) is 17.1 Å². The van der Waals surface area contributed by atoms with E-state index in [0.717, 1.165) is 30.2 Å². The van der Waals surface area contributed by atoms with Gasteiger partial charge in [0.15, 0.2) is 0 Å². The highest BCUT2D eigenvalue weighted by atomic mass is 16.5. The van der Waals surface area contributed by atoms with Gasteiger partial charge in [-0.3, -0.25) is 0 Å². The van der Waals surface area contributed by atoms with Crippen molar-refractivity contribution in [3.8, 4) is 5.88 Å². The molecule has 2 rings (SSSR count). The summed E-state index contributed by atoms with van der Waals surface area (Å²) < 4.78 is 5.00. The molecule has 0 aliphatic rings. The fraction of sp³-hybridized carbons (Fsp3) is 0.333. The lowest BCUT2D eigenvalue weighted by molar-refractivity contribution is 0.397. The van der Waals surface area contributed by atoms with Gasteiger partial charge in [0.05, 0.1) is 7.11 Å². The SMILES string of the molecule is COc1ccc(CNCc2cnc(C)[nH]2)cn1. The smallest absolute Gasteiger partial charge is 0.212 e.